The molecule has 0 bridgehead atoms. The largest absolute Gasteiger partial charge is 0.493 e. The van der Waals surface area contributed by atoms with Crippen LogP contribution in [-0.2, 0) is 11.4 Å². The van der Waals surface area contributed by atoms with Gasteiger partial charge in [0, 0.05) is 23.6 Å². The van der Waals surface area contributed by atoms with Crippen molar-refractivity contribution >= 4 is 11.7 Å². The van der Waals surface area contributed by atoms with Gasteiger partial charge in [-0.1, -0.05) is 18.2 Å². The molecule has 6 nitrogen and oxygen atoms in total. The first-order chi connectivity index (χ1) is 13.5. The zero-order valence-corrected chi connectivity index (χ0v) is 15.6. The number of amides is 1. The van der Waals surface area contributed by atoms with E-state index in [9.17, 15) is 9.18 Å². The van der Waals surface area contributed by atoms with Crippen LogP contribution >= 0.6 is 0 Å². The van der Waals surface area contributed by atoms with Gasteiger partial charge in [-0.15, -0.1) is 0 Å². The first-order valence-corrected chi connectivity index (χ1v) is 8.95. The fraction of sp³-hybridized carbons (Fsp3) is 0.238. The molecule has 28 heavy (non-hydrogen) atoms. The van der Waals surface area contributed by atoms with Crippen LogP contribution in [-0.4, -0.2) is 23.2 Å². The SMILES string of the molecule is COc1cc(C2CC(=O)Nc3n[nH]c(C)c32)ccc1OCc1cccc(F)c1. The van der Waals surface area contributed by atoms with Crippen molar-refractivity contribution < 1.29 is 18.7 Å². The van der Waals surface area contributed by atoms with Crippen molar-refractivity contribution in [2.75, 3.05) is 12.4 Å². The lowest BCUT2D eigenvalue weighted by molar-refractivity contribution is -0.116. The Hall–Kier alpha value is -3.35. The summed E-state index contributed by atoms with van der Waals surface area (Å²) in [5.41, 5.74) is 3.57. The van der Waals surface area contributed by atoms with Crippen molar-refractivity contribution in [1.29, 1.82) is 0 Å². The van der Waals surface area contributed by atoms with Crippen molar-refractivity contribution in [2.45, 2.75) is 25.9 Å². The Bertz CT molecular complexity index is 1030. The highest BCUT2D eigenvalue weighted by Gasteiger charge is 2.31. The number of aryl methyl sites for hydroxylation is 1. The molecule has 1 aliphatic heterocycles. The third kappa shape index (κ3) is 3.43. The second-order valence-electron chi connectivity index (χ2n) is 6.74. The Morgan fingerprint density at radius 3 is 2.86 bits per heavy atom. The highest BCUT2D eigenvalue weighted by atomic mass is 19.1. The number of ether oxygens (including phenoxy) is 2. The standard InChI is InChI=1S/C21H20FN3O3/c1-12-20-16(10-19(26)23-21(20)25-24-12)14-6-7-17(18(9-14)27-2)28-11-13-4-3-5-15(22)8-13/h3-9,16H,10-11H2,1-2H3,(H2,23,24,25,26). The number of methoxy groups -OCH3 is 1. The molecule has 144 valence electrons. The Morgan fingerprint density at radius 1 is 1.21 bits per heavy atom. The number of aromatic amines is 1. The number of aromatic nitrogens is 2. The molecule has 2 heterocycles. The van der Waals surface area contributed by atoms with Gasteiger partial charge in [0.15, 0.2) is 17.3 Å². The Labute approximate surface area is 161 Å². The highest BCUT2D eigenvalue weighted by molar-refractivity contribution is 5.94. The number of carbonyl (C=O) groups is 1. The Morgan fingerprint density at radius 2 is 2.07 bits per heavy atom. The van der Waals surface area contributed by atoms with Gasteiger partial charge in [0.05, 0.1) is 7.11 Å². The zero-order chi connectivity index (χ0) is 19.7. The van der Waals surface area contributed by atoms with Crippen molar-refractivity contribution in [3.8, 4) is 11.5 Å². The van der Waals surface area contributed by atoms with Crippen LogP contribution in [0.2, 0.25) is 0 Å². The average molecular weight is 381 g/mol. The van der Waals surface area contributed by atoms with E-state index in [0.29, 0.717) is 23.7 Å². The molecule has 2 aromatic carbocycles. The summed E-state index contributed by atoms with van der Waals surface area (Å²) in [5.74, 6) is 1.19. The summed E-state index contributed by atoms with van der Waals surface area (Å²) >= 11 is 0. The Balaban J connectivity index is 1.60. The number of rotatable bonds is 5. The smallest absolute Gasteiger partial charge is 0.226 e. The maximum Gasteiger partial charge on any atom is 0.226 e. The molecular weight excluding hydrogens is 361 g/mol. The normalized spacial score (nSPS) is 15.7. The number of hydrogen-bond donors (Lipinski definition) is 2. The molecule has 0 fully saturated rings. The predicted octanol–water partition coefficient (Wildman–Crippen LogP) is 3.92. The number of benzene rings is 2. The van der Waals surface area contributed by atoms with Crippen molar-refractivity contribution in [3.05, 3.63) is 70.7 Å². The number of anilines is 1. The van der Waals surface area contributed by atoms with E-state index in [-0.39, 0.29) is 24.2 Å². The van der Waals surface area contributed by atoms with E-state index < -0.39 is 0 Å². The molecular formula is C21H20FN3O3. The molecule has 1 unspecified atom stereocenters. The van der Waals surface area contributed by atoms with Crippen LogP contribution < -0.4 is 14.8 Å². The monoisotopic (exact) mass is 381 g/mol. The molecule has 2 N–H and O–H groups in total. The summed E-state index contributed by atoms with van der Waals surface area (Å²) in [6.07, 6.45) is 0.333. The van der Waals surface area contributed by atoms with E-state index in [1.165, 1.54) is 12.1 Å². The molecule has 0 spiro atoms. The number of H-pyrrole nitrogens is 1. The molecule has 1 atom stereocenters. The van der Waals surface area contributed by atoms with Crippen molar-refractivity contribution in [3.63, 3.8) is 0 Å². The van der Waals surface area contributed by atoms with Crippen LogP contribution in [0.15, 0.2) is 42.5 Å². The number of hydrogen-bond acceptors (Lipinski definition) is 4. The maximum absolute atomic E-state index is 13.3. The number of nitrogens with one attached hydrogen (secondary N) is 2. The highest BCUT2D eigenvalue weighted by Crippen LogP contribution is 2.40. The molecule has 0 saturated heterocycles. The lowest BCUT2D eigenvalue weighted by Gasteiger charge is -2.23. The van der Waals surface area contributed by atoms with Gasteiger partial charge in [-0.25, -0.2) is 4.39 Å². The van der Waals surface area contributed by atoms with Gasteiger partial charge in [0.2, 0.25) is 5.91 Å². The number of halogens is 1. The fourth-order valence-electron chi connectivity index (χ4n) is 3.52. The van der Waals surface area contributed by atoms with Gasteiger partial charge < -0.3 is 14.8 Å². The molecule has 0 saturated carbocycles. The van der Waals surface area contributed by atoms with Gasteiger partial charge in [0.1, 0.15) is 12.4 Å². The maximum atomic E-state index is 13.3. The van der Waals surface area contributed by atoms with Crippen LogP contribution in [0.25, 0.3) is 0 Å². The van der Waals surface area contributed by atoms with Gasteiger partial charge in [0.25, 0.3) is 0 Å². The first-order valence-electron chi connectivity index (χ1n) is 8.95. The molecule has 1 amide bonds. The van der Waals surface area contributed by atoms with Crippen molar-refractivity contribution in [2.24, 2.45) is 0 Å². The summed E-state index contributed by atoms with van der Waals surface area (Å²) in [4.78, 5) is 12.1. The number of fused-ring (bicyclic) bond motifs is 1. The van der Waals surface area contributed by atoms with Crippen LogP contribution in [0.4, 0.5) is 10.2 Å². The average Bonchev–Trinajstić information content (AvgIpc) is 3.06. The molecule has 0 radical (unpaired) electrons. The van der Waals surface area contributed by atoms with E-state index in [1.54, 1.807) is 19.2 Å². The number of carbonyl (C=O) groups excluding carboxylic acids is 1. The van der Waals surface area contributed by atoms with Crippen LogP contribution in [0.3, 0.4) is 0 Å². The molecule has 1 aliphatic rings. The summed E-state index contributed by atoms with van der Waals surface area (Å²) in [5, 5.41) is 9.90. The summed E-state index contributed by atoms with van der Waals surface area (Å²) < 4.78 is 24.6. The quantitative estimate of drug-likeness (QED) is 0.702. The van der Waals surface area contributed by atoms with E-state index in [1.807, 2.05) is 25.1 Å². The summed E-state index contributed by atoms with van der Waals surface area (Å²) in [6, 6.07) is 11.9. The van der Waals surface area contributed by atoms with Gasteiger partial charge >= 0.3 is 0 Å². The van der Waals surface area contributed by atoms with Gasteiger partial charge in [-0.2, -0.15) is 5.10 Å². The first kappa shape index (κ1) is 18.0. The molecule has 4 rings (SSSR count). The third-order valence-electron chi connectivity index (χ3n) is 4.86. The topological polar surface area (TPSA) is 76.2 Å². The van der Waals surface area contributed by atoms with Gasteiger partial charge in [-0.05, 0) is 42.3 Å². The minimum atomic E-state index is -0.301. The van der Waals surface area contributed by atoms with E-state index in [2.05, 4.69) is 15.5 Å². The summed E-state index contributed by atoms with van der Waals surface area (Å²) in [6.45, 7) is 2.16. The zero-order valence-electron chi connectivity index (χ0n) is 15.6. The predicted molar refractivity (Wildman–Crippen MR) is 102 cm³/mol. The fourth-order valence-corrected chi connectivity index (χ4v) is 3.52. The Kier molecular flexibility index (Phi) is 4.73. The minimum Gasteiger partial charge on any atom is -0.493 e. The molecule has 7 heteroatoms. The van der Waals surface area contributed by atoms with Crippen LogP contribution in [0.5, 0.6) is 11.5 Å². The summed E-state index contributed by atoms with van der Waals surface area (Å²) in [7, 11) is 1.57. The lowest BCUT2D eigenvalue weighted by Crippen LogP contribution is -2.23. The van der Waals surface area contributed by atoms with Gasteiger partial charge in [-0.3, -0.25) is 9.89 Å². The minimum absolute atomic E-state index is 0.0746. The van der Waals surface area contributed by atoms with Crippen molar-refractivity contribution in [1.82, 2.24) is 10.2 Å². The third-order valence-corrected chi connectivity index (χ3v) is 4.86. The lowest BCUT2D eigenvalue weighted by atomic mass is 9.85. The van der Waals surface area contributed by atoms with E-state index in [0.717, 1.165) is 22.4 Å². The second kappa shape index (κ2) is 7.34. The second-order valence-corrected chi connectivity index (χ2v) is 6.74. The van der Waals surface area contributed by atoms with Crippen LogP contribution in [0, 0.1) is 12.7 Å². The molecule has 3 aromatic rings. The number of nitrogens with zero attached hydrogens (tertiary/aromatic N) is 1. The molecule has 1 aromatic heterocycles. The van der Waals surface area contributed by atoms with E-state index in [4.69, 9.17) is 9.47 Å². The van der Waals surface area contributed by atoms with E-state index >= 15 is 0 Å². The molecule has 0 aliphatic carbocycles. The van der Waals surface area contributed by atoms with Crippen LogP contribution in [0.1, 0.15) is 34.7 Å².